The van der Waals surface area contributed by atoms with Crippen LogP contribution in [0, 0.1) is 6.92 Å². The highest BCUT2D eigenvalue weighted by Gasteiger charge is 2.22. The van der Waals surface area contributed by atoms with Crippen LogP contribution in [-0.2, 0) is 6.61 Å². The Kier molecular flexibility index (Phi) is 8.15. The lowest BCUT2D eigenvalue weighted by atomic mass is 10.1. The smallest absolute Gasteiger partial charge is 0.347 e. The Bertz CT molecular complexity index is 1730. The summed E-state index contributed by atoms with van der Waals surface area (Å²) in [6.45, 7) is 2.11. The van der Waals surface area contributed by atoms with Crippen LogP contribution in [0.5, 0.6) is 23.0 Å². The molecule has 0 aliphatic carbocycles. The number of benzene rings is 4. The van der Waals surface area contributed by atoms with Gasteiger partial charge >= 0.3 is 5.97 Å². The molecule has 0 amide bonds. The van der Waals surface area contributed by atoms with Gasteiger partial charge in [0, 0.05) is 10.9 Å². The van der Waals surface area contributed by atoms with Crippen LogP contribution < -0.4 is 18.9 Å². The fourth-order valence-electron chi connectivity index (χ4n) is 4.41. The molecule has 7 heteroatoms. The lowest BCUT2D eigenvalue weighted by Crippen LogP contribution is -2.10. The molecule has 0 aliphatic rings. The van der Waals surface area contributed by atoms with Gasteiger partial charge in [-0.05, 0) is 67.1 Å². The normalized spacial score (nSPS) is 11.0. The lowest BCUT2D eigenvalue weighted by Gasteiger charge is -2.09. The highest BCUT2D eigenvalue weighted by Crippen LogP contribution is 2.31. The van der Waals surface area contributed by atoms with Gasteiger partial charge in [-0.2, -0.15) is 0 Å². The van der Waals surface area contributed by atoms with E-state index >= 15 is 0 Å². The molecule has 0 saturated carbocycles. The number of carbonyl (C=O) groups excluding carboxylic acids is 2. The van der Waals surface area contributed by atoms with E-state index in [9.17, 15) is 9.59 Å². The zero-order chi connectivity index (χ0) is 28.8. The molecule has 0 atom stereocenters. The van der Waals surface area contributed by atoms with E-state index < -0.39 is 5.97 Å². The van der Waals surface area contributed by atoms with E-state index in [-0.39, 0.29) is 5.78 Å². The first kappa shape index (κ1) is 27.3. The van der Waals surface area contributed by atoms with E-state index in [4.69, 9.17) is 23.4 Å². The first-order valence-electron chi connectivity index (χ1n) is 12.9. The Labute approximate surface area is 237 Å². The molecule has 41 heavy (non-hydrogen) atoms. The molecule has 1 aromatic heterocycles. The predicted octanol–water partition coefficient (Wildman–Crippen LogP) is 7.45. The van der Waals surface area contributed by atoms with Crippen LogP contribution in [0.3, 0.4) is 0 Å². The Morgan fingerprint density at radius 1 is 0.805 bits per heavy atom. The topological polar surface area (TPSA) is 84.2 Å². The van der Waals surface area contributed by atoms with E-state index in [1.165, 1.54) is 20.3 Å². The maximum absolute atomic E-state index is 13.4. The largest absolute Gasteiger partial charge is 0.497 e. The van der Waals surface area contributed by atoms with E-state index in [0.29, 0.717) is 63.0 Å². The van der Waals surface area contributed by atoms with Crippen LogP contribution in [0.25, 0.3) is 17.0 Å². The molecule has 5 aromatic rings. The maximum Gasteiger partial charge on any atom is 0.347 e. The molecule has 0 bridgehead atoms. The predicted molar refractivity (Wildman–Crippen MR) is 156 cm³/mol. The molecule has 0 saturated heterocycles. The van der Waals surface area contributed by atoms with Gasteiger partial charge in [0.2, 0.25) is 0 Å². The quantitative estimate of drug-likeness (QED) is 0.0775. The molecule has 0 radical (unpaired) electrons. The number of allylic oxidation sites excluding steroid dienone is 1. The fraction of sp³-hybridized carbons (Fsp3) is 0.118. The van der Waals surface area contributed by atoms with Gasteiger partial charge in [-0.1, -0.05) is 48.5 Å². The van der Waals surface area contributed by atoms with Crippen molar-refractivity contribution >= 4 is 28.8 Å². The first-order valence-corrected chi connectivity index (χ1v) is 12.9. The number of hydrogen-bond acceptors (Lipinski definition) is 7. The fourth-order valence-corrected chi connectivity index (χ4v) is 4.41. The minimum atomic E-state index is -0.580. The molecule has 206 valence electrons. The third-order valence-corrected chi connectivity index (χ3v) is 6.50. The number of methoxy groups -OCH3 is 2. The molecule has 7 nitrogen and oxygen atoms in total. The SMILES string of the molecule is COc1ccc(OC)c(C(=O)/C=C/c2ccccc2OC(=O)c2c(C)oc3ccc(OCc4ccccc4)cc23)c1. The zero-order valence-electron chi connectivity index (χ0n) is 22.9. The van der Waals surface area contributed by atoms with Crippen molar-refractivity contribution in [3.63, 3.8) is 0 Å². The lowest BCUT2D eigenvalue weighted by molar-refractivity contribution is 0.0734. The van der Waals surface area contributed by atoms with Crippen molar-refractivity contribution in [1.82, 2.24) is 0 Å². The van der Waals surface area contributed by atoms with Gasteiger partial charge in [-0.15, -0.1) is 0 Å². The number of furan rings is 1. The second-order valence-corrected chi connectivity index (χ2v) is 9.16. The Morgan fingerprint density at radius 2 is 1.56 bits per heavy atom. The highest BCUT2D eigenvalue weighted by atomic mass is 16.5. The van der Waals surface area contributed by atoms with Crippen LogP contribution in [0.15, 0.2) is 101 Å². The Hall–Kier alpha value is -5.30. The molecular formula is C34H28O7. The average molecular weight is 549 g/mol. The minimum Gasteiger partial charge on any atom is -0.497 e. The van der Waals surface area contributed by atoms with Crippen molar-refractivity contribution in [2.24, 2.45) is 0 Å². The van der Waals surface area contributed by atoms with Crippen molar-refractivity contribution in [3.8, 4) is 23.0 Å². The van der Waals surface area contributed by atoms with Crippen molar-refractivity contribution < 1.29 is 33.0 Å². The molecule has 4 aromatic carbocycles. The van der Waals surface area contributed by atoms with Gasteiger partial charge in [0.25, 0.3) is 0 Å². The zero-order valence-corrected chi connectivity index (χ0v) is 22.9. The number of ether oxygens (including phenoxy) is 4. The van der Waals surface area contributed by atoms with Crippen LogP contribution in [0.1, 0.15) is 37.6 Å². The van der Waals surface area contributed by atoms with Crippen molar-refractivity contribution in [2.45, 2.75) is 13.5 Å². The van der Waals surface area contributed by atoms with Crippen molar-refractivity contribution in [3.05, 3.63) is 125 Å². The van der Waals surface area contributed by atoms with E-state index in [0.717, 1.165) is 5.56 Å². The van der Waals surface area contributed by atoms with E-state index in [1.54, 1.807) is 73.7 Å². The molecule has 0 N–H and O–H groups in total. The summed E-state index contributed by atoms with van der Waals surface area (Å²) in [4.78, 5) is 26.4. The number of aryl methyl sites for hydroxylation is 1. The van der Waals surface area contributed by atoms with Gasteiger partial charge in [0.1, 0.15) is 46.5 Å². The molecule has 5 rings (SSSR count). The summed E-state index contributed by atoms with van der Waals surface area (Å²) in [5.74, 6) is 1.42. The summed E-state index contributed by atoms with van der Waals surface area (Å²) < 4.78 is 28.2. The van der Waals surface area contributed by atoms with E-state index in [2.05, 4.69) is 0 Å². The standard InChI is InChI=1S/C34H28O7/c1-22-33(28-20-26(15-18-32(28)40-22)39-21-23-9-5-4-6-10-23)34(36)41-30-12-8-7-11-24(30)13-16-29(35)27-19-25(37-2)14-17-31(27)38-3/h4-20H,21H2,1-3H3/b16-13+. The summed E-state index contributed by atoms with van der Waals surface area (Å²) in [6.07, 6.45) is 3.00. The monoisotopic (exact) mass is 548 g/mol. The molecule has 0 spiro atoms. The van der Waals surface area contributed by atoms with Gasteiger partial charge in [0.05, 0.1) is 19.8 Å². The third-order valence-electron chi connectivity index (χ3n) is 6.50. The van der Waals surface area contributed by atoms with Crippen LogP contribution in [0.4, 0.5) is 0 Å². The van der Waals surface area contributed by atoms with Gasteiger partial charge in [-0.3, -0.25) is 4.79 Å². The van der Waals surface area contributed by atoms with Crippen LogP contribution >= 0.6 is 0 Å². The number of para-hydroxylation sites is 1. The first-order chi connectivity index (χ1) is 20.0. The number of ketones is 1. The molecule has 1 heterocycles. The third kappa shape index (κ3) is 6.15. The van der Waals surface area contributed by atoms with Gasteiger partial charge in [0.15, 0.2) is 5.78 Å². The summed E-state index contributed by atoms with van der Waals surface area (Å²) in [7, 11) is 3.02. The summed E-state index contributed by atoms with van der Waals surface area (Å²) in [6, 6.07) is 27.1. The Balaban J connectivity index is 1.37. The Morgan fingerprint density at radius 3 is 2.34 bits per heavy atom. The molecule has 0 unspecified atom stereocenters. The number of hydrogen-bond donors (Lipinski definition) is 0. The van der Waals surface area contributed by atoms with Crippen LogP contribution in [-0.4, -0.2) is 26.0 Å². The summed E-state index contributed by atoms with van der Waals surface area (Å²) in [5.41, 5.74) is 2.79. The summed E-state index contributed by atoms with van der Waals surface area (Å²) >= 11 is 0. The maximum atomic E-state index is 13.4. The number of carbonyl (C=O) groups is 2. The second kappa shape index (κ2) is 12.3. The van der Waals surface area contributed by atoms with Crippen LogP contribution in [0.2, 0.25) is 0 Å². The van der Waals surface area contributed by atoms with Crippen molar-refractivity contribution in [1.29, 1.82) is 0 Å². The number of esters is 1. The number of fused-ring (bicyclic) bond motifs is 1. The second-order valence-electron chi connectivity index (χ2n) is 9.16. The average Bonchev–Trinajstić information content (AvgIpc) is 3.34. The molecule has 0 aliphatic heterocycles. The number of rotatable bonds is 10. The van der Waals surface area contributed by atoms with E-state index in [1.807, 2.05) is 30.3 Å². The molecule has 0 fully saturated rings. The highest BCUT2D eigenvalue weighted by molar-refractivity contribution is 6.09. The van der Waals surface area contributed by atoms with Crippen molar-refractivity contribution in [2.75, 3.05) is 14.2 Å². The minimum absolute atomic E-state index is 0.290. The van der Waals surface area contributed by atoms with Gasteiger partial charge < -0.3 is 23.4 Å². The summed E-state index contributed by atoms with van der Waals surface area (Å²) in [5, 5.41) is 0.589. The van der Waals surface area contributed by atoms with Gasteiger partial charge in [-0.25, -0.2) is 4.79 Å². The molecular weight excluding hydrogens is 520 g/mol.